The lowest BCUT2D eigenvalue weighted by Crippen LogP contribution is -2.38. The van der Waals surface area contributed by atoms with Crippen molar-refractivity contribution < 1.29 is 4.79 Å². The zero-order chi connectivity index (χ0) is 22.2. The number of nitrogens with zero attached hydrogens (tertiary/aromatic N) is 3. The molecule has 4 heteroatoms. The summed E-state index contributed by atoms with van der Waals surface area (Å²) in [6.07, 6.45) is 2.70. The number of hydrogen-bond donors (Lipinski definition) is 0. The van der Waals surface area contributed by atoms with Crippen LogP contribution in [0.2, 0.25) is 0 Å². The summed E-state index contributed by atoms with van der Waals surface area (Å²) in [4.78, 5) is 20.5. The third-order valence-corrected chi connectivity index (χ3v) is 6.67. The molecular weight excluding hydrogens is 406 g/mol. The minimum absolute atomic E-state index is 0.115. The van der Waals surface area contributed by atoms with Gasteiger partial charge in [-0.2, -0.15) is 0 Å². The van der Waals surface area contributed by atoms with Crippen molar-refractivity contribution in [3.8, 4) is 0 Å². The molecule has 33 heavy (non-hydrogen) atoms. The zero-order valence-corrected chi connectivity index (χ0v) is 18.4. The van der Waals surface area contributed by atoms with Crippen molar-refractivity contribution in [2.24, 2.45) is 0 Å². The monoisotopic (exact) mass is 431 g/mol. The topological polar surface area (TPSA) is 38.1 Å². The summed E-state index contributed by atoms with van der Waals surface area (Å²) >= 11 is 0. The van der Waals surface area contributed by atoms with Gasteiger partial charge in [-0.15, -0.1) is 0 Å². The fourth-order valence-corrected chi connectivity index (χ4v) is 5.07. The molecule has 1 aliphatic rings. The molecule has 2 heterocycles. The Bertz CT molecular complexity index is 1480. The highest BCUT2D eigenvalue weighted by Gasteiger charge is 2.24. The van der Waals surface area contributed by atoms with Gasteiger partial charge in [0.05, 0.1) is 11.0 Å². The predicted molar refractivity (Wildman–Crippen MR) is 134 cm³/mol. The van der Waals surface area contributed by atoms with Crippen LogP contribution in [0, 0.1) is 0 Å². The van der Waals surface area contributed by atoms with E-state index in [4.69, 9.17) is 4.98 Å². The number of para-hydroxylation sites is 3. The number of carbonyl (C=O) groups excluding carboxylic acids is 1. The molecule has 0 unspecified atom stereocenters. The lowest BCUT2D eigenvalue weighted by molar-refractivity contribution is -0.119. The predicted octanol–water partition coefficient (Wildman–Crippen LogP) is 5.76. The van der Waals surface area contributed by atoms with Gasteiger partial charge in [0.25, 0.3) is 0 Å². The lowest BCUT2D eigenvalue weighted by Gasteiger charge is -2.29. The molecule has 1 aliphatic heterocycles. The van der Waals surface area contributed by atoms with Crippen LogP contribution < -0.4 is 4.90 Å². The van der Waals surface area contributed by atoms with E-state index >= 15 is 0 Å². The minimum Gasteiger partial charge on any atom is -0.318 e. The molecule has 0 saturated carbocycles. The number of carbonyl (C=O) groups is 1. The third-order valence-electron chi connectivity index (χ3n) is 6.67. The van der Waals surface area contributed by atoms with Crippen molar-refractivity contribution in [1.82, 2.24) is 9.55 Å². The standard InChI is InChI=1S/C29H25N3O/c33-29(31-18-8-13-22-10-2-5-16-26(22)31)20-32-27-17-6-4-15-25(27)30-28(32)19-23-12-7-11-21-9-1-3-14-24(21)23/h1-7,9-12,14-17H,8,13,18-20H2. The number of imidazole rings is 1. The number of aromatic nitrogens is 2. The number of hydrogen-bond acceptors (Lipinski definition) is 2. The Hall–Kier alpha value is -3.92. The van der Waals surface area contributed by atoms with Crippen molar-refractivity contribution in [3.05, 3.63) is 108 Å². The lowest BCUT2D eigenvalue weighted by atomic mass is 10.0. The van der Waals surface area contributed by atoms with Gasteiger partial charge in [-0.25, -0.2) is 4.98 Å². The molecule has 4 aromatic carbocycles. The Labute approximate surface area is 193 Å². The van der Waals surface area contributed by atoms with Gasteiger partial charge in [-0.1, -0.05) is 72.8 Å². The summed E-state index contributed by atoms with van der Waals surface area (Å²) in [7, 11) is 0. The second-order valence-electron chi connectivity index (χ2n) is 8.70. The third kappa shape index (κ3) is 3.58. The van der Waals surface area contributed by atoms with E-state index in [2.05, 4.69) is 71.3 Å². The maximum absolute atomic E-state index is 13.6. The molecule has 0 bridgehead atoms. The van der Waals surface area contributed by atoms with Gasteiger partial charge in [0.15, 0.2) is 0 Å². The summed E-state index contributed by atoms with van der Waals surface area (Å²) in [5.41, 5.74) is 5.46. The summed E-state index contributed by atoms with van der Waals surface area (Å²) < 4.78 is 2.11. The van der Waals surface area contributed by atoms with E-state index in [1.54, 1.807) is 0 Å². The van der Waals surface area contributed by atoms with Gasteiger partial charge < -0.3 is 9.47 Å². The molecule has 0 fully saturated rings. The summed E-state index contributed by atoms with van der Waals surface area (Å²) in [6, 6.07) is 31.2. The van der Waals surface area contributed by atoms with E-state index in [1.807, 2.05) is 29.2 Å². The first-order chi connectivity index (χ1) is 16.3. The van der Waals surface area contributed by atoms with E-state index in [9.17, 15) is 4.79 Å². The Morgan fingerprint density at radius 3 is 2.61 bits per heavy atom. The van der Waals surface area contributed by atoms with Crippen LogP contribution in [0.1, 0.15) is 23.4 Å². The number of benzene rings is 4. The fraction of sp³-hybridized carbons (Fsp3) is 0.172. The van der Waals surface area contributed by atoms with Crippen LogP contribution >= 0.6 is 0 Å². The minimum atomic E-state index is 0.115. The number of anilines is 1. The van der Waals surface area contributed by atoms with E-state index in [-0.39, 0.29) is 12.5 Å². The molecule has 0 radical (unpaired) electrons. The van der Waals surface area contributed by atoms with Gasteiger partial charge in [0, 0.05) is 18.7 Å². The van der Waals surface area contributed by atoms with Crippen molar-refractivity contribution in [3.63, 3.8) is 0 Å². The van der Waals surface area contributed by atoms with Crippen LogP contribution in [-0.4, -0.2) is 22.0 Å². The normalized spacial score (nSPS) is 13.4. The number of rotatable bonds is 4. The van der Waals surface area contributed by atoms with Crippen LogP contribution in [0.3, 0.4) is 0 Å². The van der Waals surface area contributed by atoms with E-state index < -0.39 is 0 Å². The van der Waals surface area contributed by atoms with Crippen LogP contribution in [-0.2, 0) is 24.2 Å². The number of amides is 1. The SMILES string of the molecule is O=C(Cn1c(Cc2cccc3ccccc23)nc2ccccc21)N1CCCc2ccccc21. The van der Waals surface area contributed by atoms with Gasteiger partial charge in [0.2, 0.25) is 5.91 Å². The first-order valence-corrected chi connectivity index (χ1v) is 11.6. The highest BCUT2D eigenvalue weighted by Crippen LogP contribution is 2.28. The molecule has 162 valence electrons. The highest BCUT2D eigenvalue weighted by atomic mass is 16.2. The molecule has 0 saturated heterocycles. The fourth-order valence-electron chi connectivity index (χ4n) is 5.07. The van der Waals surface area contributed by atoms with Gasteiger partial charge in [-0.05, 0) is 52.9 Å². The molecule has 0 aliphatic carbocycles. The van der Waals surface area contributed by atoms with E-state index in [1.165, 1.54) is 21.9 Å². The van der Waals surface area contributed by atoms with Crippen molar-refractivity contribution in [2.75, 3.05) is 11.4 Å². The number of aryl methyl sites for hydroxylation is 1. The summed E-state index contributed by atoms with van der Waals surface area (Å²) in [5, 5.41) is 2.45. The first-order valence-electron chi connectivity index (χ1n) is 11.6. The summed E-state index contributed by atoms with van der Waals surface area (Å²) in [5.74, 6) is 1.04. The van der Waals surface area contributed by atoms with Crippen LogP contribution in [0.25, 0.3) is 21.8 Å². The molecule has 5 aromatic rings. The molecule has 0 atom stereocenters. The molecule has 1 aromatic heterocycles. The Morgan fingerprint density at radius 2 is 1.64 bits per heavy atom. The van der Waals surface area contributed by atoms with E-state index in [0.717, 1.165) is 41.9 Å². The molecule has 6 rings (SSSR count). The first kappa shape index (κ1) is 19.7. The highest BCUT2D eigenvalue weighted by molar-refractivity contribution is 5.95. The average molecular weight is 432 g/mol. The van der Waals surface area contributed by atoms with Gasteiger partial charge in [-0.3, -0.25) is 4.79 Å². The van der Waals surface area contributed by atoms with Gasteiger partial charge >= 0.3 is 0 Å². The molecule has 0 spiro atoms. The van der Waals surface area contributed by atoms with Crippen LogP contribution in [0.15, 0.2) is 91.0 Å². The average Bonchev–Trinajstić information content (AvgIpc) is 3.20. The summed E-state index contributed by atoms with van der Waals surface area (Å²) in [6.45, 7) is 1.05. The maximum atomic E-state index is 13.6. The zero-order valence-electron chi connectivity index (χ0n) is 18.4. The Kier molecular flexibility index (Phi) is 4.91. The largest absolute Gasteiger partial charge is 0.318 e. The molecule has 0 N–H and O–H groups in total. The Balaban J connectivity index is 1.39. The van der Waals surface area contributed by atoms with Crippen molar-refractivity contribution in [1.29, 1.82) is 0 Å². The number of fused-ring (bicyclic) bond motifs is 3. The second-order valence-corrected chi connectivity index (χ2v) is 8.70. The van der Waals surface area contributed by atoms with Crippen molar-refractivity contribution in [2.45, 2.75) is 25.8 Å². The smallest absolute Gasteiger partial charge is 0.246 e. The molecular formula is C29H25N3O. The van der Waals surface area contributed by atoms with E-state index in [0.29, 0.717) is 6.42 Å². The second kappa shape index (κ2) is 8.21. The van der Waals surface area contributed by atoms with Crippen LogP contribution in [0.4, 0.5) is 5.69 Å². The molecule has 4 nitrogen and oxygen atoms in total. The quantitative estimate of drug-likeness (QED) is 0.363. The van der Waals surface area contributed by atoms with Crippen LogP contribution in [0.5, 0.6) is 0 Å². The Morgan fingerprint density at radius 1 is 0.848 bits per heavy atom. The van der Waals surface area contributed by atoms with Gasteiger partial charge in [0.1, 0.15) is 12.4 Å². The maximum Gasteiger partial charge on any atom is 0.246 e. The van der Waals surface area contributed by atoms with Crippen molar-refractivity contribution >= 4 is 33.4 Å². The molecule has 1 amide bonds.